The number of hydrogen-bond acceptors (Lipinski definition) is 1. The summed E-state index contributed by atoms with van der Waals surface area (Å²) in [5.41, 5.74) is 0. The fourth-order valence-corrected chi connectivity index (χ4v) is 0.682. The average Bonchev–Trinajstić information content (AvgIpc) is 1.77. The molecule has 0 saturated heterocycles. The minimum atomic E-state index is 0.569. The van der Waals surface area contributed by atoms with Gasteiger partial charge in [0.1, 0.15) is 0 Å². The van der Waals surface area contributed by atoms with E-state index in [1.54, 1.807) is 0 Å². The highest BCUT2D eigenvalue weighted by atomic mass is 15.0. The van der Waals surface area contributed by atoms with Crippen LogP contribution in [-0.4, -0.2) is 18.7 Å². The summed E-state index contributed by atoms with van der Waals surface area (Å²) in [7, 11) is 2.07. The van der Waals surface area contributed by atoms with Crippen molar-refractivity contribution in [2.24, 2.45) is 0 Å². The minimum absolute atomic E-state index is 0.569. The molecular weight excluding hydrogens is 96.9 g/mol. The summed E-state index contributed by atoms with van der Waals surface area (Å²) in [6.45, 7) is 2.74. The molecule has 42 valence electrons. The van der Waals surface area contributed by atoms with Gasteiger partial charge in [0.15, 0.2) is 0 Å². The first-order valence-electron chi connectivity index (χ1n) is 2.87. The van der Waals surface area contributed by atoms with Gasteiger partial charge in [-0.05, 0) is 19.3 Å². The first-order chi connectivity index (χ1) is 3.80. The van der Waals surface area contributed by atoms with Crippen molar-refractivity contribution in [2.75, 3.05) is 7.05 Å². The summed E-state index contributed by atoms with van der Waals surface area (Å²) in [5.74, 6) is 2.17. The summed E-state index contributed by atoms with van der Waals surface area (Å²) in [5, 5.41) is 0. The third-order valence-corrected chi connectivity index (χ3v) is 1.46. The summed E-state index contributed by atoms with van der Waals surface area (Å²) in [6, 6.07) is 0. The molecule has 0 radical (unpaired) electrons. The molecule has 0 aromatic carbocycles. The van der Waals surface area contributed by atoms with Gasteiger partial charge in [0.25, 0.3) is 6.85 Å². The zero-order valence-electron chi connectivity index (χ0n) is 5.33. The number of hydrogen-bond donors (Lipinski definition) is 0. The third kappa shape index (κ3) is 0.943. The van der Waals surface area contributed by atoms with Gasteiger partial charge in [0, 0.05) is 0 Å². The van der Waals surface area contributed by atoms with Crippen LogP contribution in [0.1, 0.15) is 0 Å². The van der Waals surface area contributed by atoms with Gasteiger partial charge in [0.2, 0.25) is 0 Å². The third-order valence-electron chi connectivity index (χ3n) is 1.46. The van der Waals surface area contributed by atoms with Crippen LogP contribution in [-0.2, 0) is 0 Å². The van der Waals surface area contributed by atoms with E-state index in [1.165, 1.54) is 0 Å². The van der Waals surface area contributed by atoms with Crippen molar-refractivity contribution in [2.45, 2.75) is 6.82 Å². The molecule has 0 aromatic rings. The lowest BCUT2D eigenvalue weighted by molar-refractivity contribution is 0.716. The van der Waals surface area contributed by atoms with Crippen LogP contribution in [0.2, 0.25) is 6.82 Å². The summed E-state index contributed by atoms with van der Waals surface area (Å²) in [4.78, 5) is 2.17. The van der Waals surface area contributed by atoms with Crippen LogP contribution in [0.25, 0.3) is 0 Å². The molecule has 0 spiro atoms. The summed E-state index contributed by atoms with van der Waals surface area (Å²) >= 11 is 0. The van der Waals surface area contributed by atoms with E-state index < -0.39 is 0 Å². The monoisotopic (exact) mass is 107 g/mol. The van der Waals surface area contributed by atoms with Crippen LogP contribution in [0.5, 0.6) is 0 Å². The van der Waals surface area contributed by atoms with Crippen molar-refractivity contribution in [3.05, 3.63) is 24.3 Å². The lowest BCUT2D eigenvalue weighted by atomic mass is 9.62. The Hall–Kier alpha value is -0.655. The normalized spacial score (nSPS) is 17.8. The lowest BCUT2D eigenvalue weighted by Gasteiger charge is -2.18. The highest BCUT2D eigenvalue weighted by Crippen LogP contribution is 1.99. The second-order valence-corrected chi connectivity index (χ2v) is 2.13. The molecule has 1 rings (SSSR count). The quantitative estimate of drug-likeness (QED) is 0.420. The molecule has 0 amide bonds. The highest BCUT2D eigenvalue weighted by Gasteiger charge is 2.06. The molecule has 0 bridgehead atoms. The highest BCUT2D eigenvalue weighted by molar-refractivity contribution is 6.60. The van der Waals surface area contributed by atoms with E-state index in [-0.39, 0.29) is 0 Å². The Labute approximate surface area is 50.8 Å². The molecule has 0 atom stereocenters. The molecule has 2 heteroatoms. The van der Waals surface area contributed by atoms with Crippen LogP contribution < -0.4 is 0 Å². The van der Waals surface area contributed by atoms with Crippen LogP contribution in [0.4, 0.5) is 0 Å². The van der Waals surface area contributed by atoms with Crippen LogP contribution >= 0.6 is 0 Å². The molecule has 8 heavy (non-hydrogen) atoms. The largest absolute Gasteiger partial charge is 0.420 e. The Kier molecular flexibility index (Phi) is 1.42. The van der Waals surface area contributed by atoms with Gasteiger partial charge in [-0.25, -0.2) is 0 Å². The summed E-state index contributed by atoms with van der Waals surface area (Å²) < 4.78 is 0. The fourth-order valence-electron chi connectivity index (χ4n) is 0.682. The zero-order valence-corrected chi connectivity index (χ0v) is 5.33. The molecule has 0 N–H and O–H groups in total. The van der Waals surface area contributed by atoms with Crippen LogP contribution in [0.15, 0.2) is 24.3 Å². The Balaban J connectivity index is 2.59. The van der Waals surface area contributed by atoms with Gasteiger partial charge in [-0.1, -0.05) is 18.9 Å². The van der Waals surface area contributed by atoms with E-state index in [1.807, 2.05) is 6.08 Å². The van der Waals surface area contributed by atoms with Crippen molar-refractivity contribution in [3.8, 4) is 0 Å². The van der Waals surface area contributed by atoms with Gasteiger partial charge in [0.05, 0.1) is 0 Å². The predicted molar refractivity (Wildman–Crippen MR) is 37.7 cm³/mol. The first kappa shape index (κ1) is 5.48. The SMILES string of the molecule is CB1C=CC=CN1C. The standard InChI is InChI=1S/C6H10BN/c1-7-5-3-4-6-8(7)2/h3-6H,1-2H3. The smallest absolute Gasteiger partial charge is 0.277 e. The Bertz CT molecular complexity index is 112. The van der Waals surface area contributed by atoms with E-state index in [4.69, 9.17) is 0 Å². The van der Waals surface area contributed by atoms with Crippen molar-refractivity contribution in [1.82, 2.24) is 4.81 Å². The van der Waals surface area contributed by atoms with E-state index in [2.05, 4.69) is 36.9 Å². The second kappa shape index (κ2) is 2.08. The maximum Gasteiger partial charge on any atom is 0.277 e. The zero-order chi connectivity index (χ0) is 5.98. The van der Waals surface area contributed by atoms with Crippen molar-refractivity contribution < 1.29 is 0 Å². The molecule has 1 aliphatic heterocycles. The number of allylic oxidation sites excluding steroid dienone is 2. The minimum Gasteiger partial charge on any atom is -0.420 e. The van der Waals surface area contributed by atoms with Crippen molar-refractivity contribution in [3.63, 3.8) is 0 Å². The lowest BCUT2D eigenvalue weighted by Crippen LogP contribution is -2.27. The van der Waals surface area contributed by atoms with Gasteiger partial charge >= 0.3 is 0 Å². The fraction of sp³-hybridized carbons (Fsp3) is 0.333. The van der Waals surface area contributed by atoms with Gasteiger partial charge in [-0.2, -0.15) is 0 Å². The van der Waals surface area contributed by atoms with E-state index in [0.29, 0.717) is 6.85 Å². The molecule has 0 saturated carbocycles. The molecule has 0 fully saturated rings. The van der Waals surface area contributed by atoms with Gasteiger partial charge in [-0.3, -0.25) is 0 Å². The molecule has 0 aliphatic carbocycles. The number of rotatable bonds is 0. The molecule has 1 nitrogen and oxygen atoms in total. The Morgan fingerprint density at radius 3 is 2.50 bits per heavy atom. The molecule has 1 heterocycles. The maximum absolute atomic E-state index is 2.17. The van der Waals surface area contributed by atoms with Gasteiger partial charge in [-0.15, -0.1) is 0 Å². The summed E-state index contributed by atoms with van der Waals surface area (Å²) in [6.07, 6.45) is 6.19. The average molecular weight is 107 g/mol. The van der Waals surface area contributed by atoms with Crippen LogP contribution in [0, 0.1) is 0 Å². The van der Waals surface area contributed by atoms with E-state index in [0.717, 1.165) is 0 Å². The van der Waals surface area contributed by atoms with Gasteiger partial charge < -0.3 is 4.81 Å². The first-order valence-corrected chi connectivity index (χ1v) is 2.87. The molecule has 0 aromatic heterocycles. The molecule has 0 unspecified atom stereocenters. The van der Waals surface area contributed by atoms with Crippen molar-refractivity contribution in [1.29, 1.82) is 0 Å². The maximum atomic E-state index is 2.17. The molecular formula is C6H10BN. The number of nitrogens with zero attached hydrogens (tertiary/aromatic N) is 1. The predicted octanol–water partition coefficient (Wildman–Crippen LogP) is 1.16. The van der Waals surface area contributed by atoms with Crippen molar-refractivity contribution >= 4 is 6.85 Å². The Morgan fingerprint density at radius 1 is 1.38 bits per heavy atom. The molecule has 1 aliphatic rings. The van der Waals surface area contributed by atoms with E-state index in [9.17, 15) is 0 Å². The van der Waals surface area contributed by atoms with E-state index >= 15 is 0 Å². The topological polar surface area (TPSA) is 3.24 Å². The van der Waals surface area contributed by atoms with Crippen LogP contribution in [0.3, 0.4) is 0 Å². The second-order valence-electron chi connectivity index (χ2n) is 2.13. The Morgan fingerprint density at radius 2 is 2.12 bits per heavy atom.